The quantitative estimate of drug-likeness (QED) is 0.794. The Balaban J connectivity index is 1.72. The molecular weight excluding hydrogens is 322 g/mol. The van der Waals surface area contributed by atoms with Gasteiger partial charge in [-0.15, -0.1) is 0 Å². The van der Waals surface area contributed by atoms with Crippen LogP contribution in [0, 0.1) is 0 Å². The molecule has 0 heterocycles. The molecule has 0 saturated heterocycles. The number of phenolic OH excluding ortho intramolecular Hbond substituents is 1. The summed E-state index contributed by atoms with van der Waals surface area (Å²) in [6.07, 6.45) is -0.0796. The lowest BCUT2D eigenvalue weighted by atomic mass is 9.77. The fourth-order valence-corrected chi connectivity index (χ4v) is 3.09. The van der Waals surface area contributed by atoms with Gasteiger partial charge in [0.25, 0.3) is 0 Å². The van der Waals surface area contributed by atoms with Crippen molar-refractivity contribution in [1.82, 2.24) is 5.32 Å². The maximum atomic E-state index is 12.1. The first-order valence-corrected chi connectivity index (χ1v) is 8.02. The molecule has 0 aliphatic heterocycles. The second-order valence-electron chi connectivity index (χ2n) is 6.17. The Bertz CT molecular complexity index is 790. The van der Waals surface area contributed by atoms with Crippen molar-refractivity contribution in [1.29, 1.82) is 0 Å². The van der Waals surface area contributed by atoms with Crippen LogP contribution >= 0.6 is 0 Å². The van der Waals surface area contributed by atoms with E-state index in [1.54, 1.807) is 6.07 Å². The highest BCUT2D eigenvalue weighted by molar-refractivity contribution is 5.85. The molecule has 1 atom stereocenters. The summed E-state index contributed by atoms with van der Waals surface area (Å²) in [4.78, 5) is 24.0. The molecule has 0 fully saturated rings. The molecule has 0 saturated carbocycles. The summed E-state index contributed by atoms with van der Waals surface area (Å²) in [5.74, 6) is -1.10. The van der Waals surface area contributed by atoms with Crippen molar-refractivity contribution in [3.8, 4) is 5.75 Å². The van der Waals surface area contributed by atoms with Gasteiger partial charge in [0.1, 0.15) is 17.9 Å². The van der Waals surface area contributed by atoms with E-state index in [2.05, 4.69) is 5.32 Å². The zero-order chi connectivity index (χ0) is 17.9. The summed E-state index contributed by atoms with van der Waals surface area (Å²) in [5.41, 5.74) is 0.782. The predicted octanol–water partition coefficient (Wildman–Crippen LogP) is 2.63. The van der Waals surface area contributed by atoms with Crippen LogP contribution in [0.2, 0.25) is 0 Å². The Morgan fingerprint density at radius 2 is 1.88 bits per heavy atom. The SMILES string of the molecule is O=C(N[C@@]1(C(=O)O)CCc2cccc(O)c2C1)OCc1ccccc1. The molecule has 0 radical (unpaired) electrons. The molecule has 25 heavy (non-hydrogen) atoms. The number of phenols is 1. The number of carboxylic acids is 1. The van der Waals surface area contributed by atoms with Gasteiger partial charge in [0.2, 0.25) is 0 Å². The zero-order valence-corrected chi connectivity index (χ0v) is 13.6. The number of carboxylic acid groups (broad SMARTS) is 1. The third-order valence-electron chi connectivity index (χ3n) is 4.51. The number of rotatable bonds is 4. The Hall–Kier alpha value is -3.02. The van der Waals surface area contributed by atoms with Crippen LogP contribution < -0.4 is 5.32 Å². The minimum atomic E-state index is -1.49. The molecule has 0 unspecified atom stereocenters. The number of aryl methyl sites for hydroxylation is 1. The molecule has 2 aromatic rings. The number of aliphatic carboxylic acids is 1. The van der Waals surface area contributed by atoms with Crippen LogP contribution in [-0.2, 0) is 29.0 Å². The lowest BCUT2D eigenvalue weighted by Gasteiger charge is -2.35. The first kappa shape index (κ1) is 16.8. The lowest BCUT2D eigenvalue weighted by Crippen LogP contribution is -2.57. The summed E-state index contributed by atoms with van der Waals surface area (Å²) in [6.45, 7) is 0.0597. The summed E-state index contributed by atoms with van der Waals surface area (Å²) in [6, 6.07) is 14.2. The highest BCUT2D eigenvalue weighted by atomic mass is 16.5. The van der Waals surface area contributed by atoms with Crippen molar-refractivity contribution in [3.63, 3.8) is 0 Å². The number of hydrogen-bond donors (Lipinski definition) is 3. The molecule has 1 aliphatic rings. The Labute approximate surface area is 145 Å². The third kappa shape index (κ3) is 3.57. The summed E-state index contributed by atoms with van der Waals surface area (Å²) in [7, 11) is 0. The van der Waals surface area contributed by atoms with Crippen LogP contribution in [0.4, 0.5) is 4.79 Å². The van der Waals surface area contributed by atoms with E-state index in [0.29, 0.717) is 12.0 Å². The van der Waals surface area contributed by atoms with Crippen LogP contribution in [-0.4, -0.2) is 27.8 Å². The van der Waals surface area contributed by atoms with E-state index in [0.717, 1.165) is 11.1 Å². The van der Waals surface area contributed by atoms with Gasteiger partial charge in [0.15, 0.2) is 0 Å². The van der Waals surface area contributed by atoms with Gasteiger partial charge in [-0.2, -0.15) is 0 Å². The number of amides is 1. The number of fused-ring (bicyclic) bond motifs is 1. The summed E-state index contributed by atoms with van der Waals surface area (Å²) >= 11 is 0. The van der Waals surface area contributed by atoms with Crippen molar-refractivity contribution in [2.24, 2.45) is 0 Å². The summed E-state index contributed by atoms with van der Waals surface area (Å²) in [5, 5.41) is 22.2. The van der Waals surface area contributed by atoms with Crippen molar-refractivity contribution < 1.29 is 24.5 Å². The Morgan fingerprint density at radius 1 is 1.12 bits per heavy atom. The minimum Gasteiger partial charge on any atom is -0.508 e. The van der Waals surface area contributed by atoms with Gasteiger partial charge in [-0.3, -0.25) is 0 Å². The highest BCUT2D eigenvalue weighted by Gasteiger charge is 2.44. The molecular formula is C19H19NO5. The van der Waals surface area contributed by atoms with E-state index >= 15 is 0 Å². The number of nitrogens with one attached hydrogen (secondary N) is 1. The minimum absolute atomic E-state index is 0.0186. The van der Waals surface area contributed by atoms with Gasteiger partial charge >= 0.3 is 12.1 Å². The second-order valence-corrected chi connectivity index (χ2v) is 6.17. The first-order valence-electron chi connectivity index (χ1n) is 8.02. The number of carbonyl (C=O) groups is 2. The van der Waals surface area contributed by atoms with E-state index in [1.807, 2.05) is 36.4 Å². The average Bonchev–Trinajstić information content (AvgIpc) is 2.61. The number of aromatic hydroxyl groups is 1. The molecule has 6 heteroatoms. The Kier molecular flexibility index (Phi) is 4.61. The van der Waals surface area contributed by atoms with Crippen molar-refractivity contribution >= 4 is 12.1 Å². The fourth-order valence-electron chi connectivity index (χ4n) is 3.09. The van der Waals surface area contributed by atoms with Crippen LogP contribution in [0.3, 0.4) is 0 Å². The average molecular weight is 341 g/mol. The normalized spacial score (nSPS) is 18.9. The van der Waals surface area contributed by atoms with E-state index in [9.17, 15) is 19.8 Å². The van der Waals surface area contributed by atoms with Crippen molar-refractivity contribution in [2.75, 3.05) is 0 Å². The predicted molar refractivity (Wildman–Crippen MR) is 90.3 cm³/mol. The van der Waals surface area contributed by atoms with E-state index in [4.69, 9.17) is 4.74 Å². The number of carbonyl (C=O) groups excluding carboxylic acids is 1. The molecule has 3 N–H and O–H groups in total. The molecule has 6 nitrogen and oxygen atoms in total. The standard InChI is InChI=1S/C19H19NO5/c21-16-8-4-7-14-9-10-19(17(22)23,11-15(14)16)20-18(24)25-12-13-5-2-1-3-6-13/h1-8,21H,9-12H2,(H,20,24)(H,22,23)/t19-/m0/s1. The van der Waals surface area contributed by atoms with E-state index in [1.165, 1.54) is 6.07 Å². The van der Waals surface area contributed by atoms with E-state index < -0.39 is 17.6 Å². The van der Waals surface area contributed by atoms with Gasteiger partial charge < -0.3 is 20.3 Å². The molecule has 1 amide bonds. The van der Waals surface area contributed by atoms with Crippen molar-refractivity contribution in [3.05, 3.63) is 65.2 Å². The van der Waals surface area contributed by atoms with Crippen LogP contribution in [0.25, 0.3) is 0 Å². The number of ether oxygens (including phenoxy) is 1. The number of benzene rings is 2. The molecule has 2 aromatic carbocycles. The lowest BCUT2D eigenvalue weighted by molar-refractivity contribution is -0.145. The molecule has 1 aliphatic carbocycles. The summed E-state index contributed by atoms with van der Waals surface area (Å²) < 4.78 is 5.15. The van der Waals surface area contributed by atoms with Gasteiger partial charge in [0.05, 0.1) is 0 Å². The Morgan fingerprint density at radius 3 is 2.60 bits per heavy atom. The number of hydrogen-bond acceptors (Lipinski definition) is 4. The molecule has 3 rings (SSSR count). The monoisotopic (exact) mass is 341 g/mol. The van der Waals surface area contributed by atoms with Gasteiger partial charge in [0, 0.05) is 6.42 Å². The topological polar surface area (TPSA) is 95.9 Å². The molecule has 130 valence electrons. The first-order chi connectivity index (χ1) is 12.0. The third-order valence-corrected chi connectivity index (χ3v) is 4.51. The number of alkyl carbamates (subject to hydrolysis) is 1. The van der Waals surface area contributed by atoms with Gasteiger partial charge in [-0.05, 0) is 35.6 Å². The van der Waals surface area contributed by atoms with Gasteiger partial charge in [-0.1, -0.05) is 42.5 Å². The van der Waals surface area contributed by atoms with Gasteiger partial charge in [-0.25, -0.2) is 9.59 Å². The molecule has 0 bridgehead atoms. The maximum Gasteiger partial charge on any atom is 0.408 e. The molecule has 0 aromatic heterocycles. The van der Waals surface area contributed by atoms with Crippen molar-refractivity contribution in [2.45, 2.75) is 31.4 Å². The smallest absolute Gasteiger partial charge is 0.408 e. The van der Waals surface area contributed by atoms with E-state index in [-0.39, 0.29) is 25.2 Å². The largest absolute Gasteiger partial charge is 0.508 e. The molecule has 0 spiro atoms. The zero-order valence-electron chi connectivity index (χ0n) is 13.6. The van der Waals surface area contributed by atoms with Crippen LogP contribution in [0.5, 0.6) is 5.75 Å². The van der Waals surface area contributed by atoms with Crippen LogP contribution in [0.15, 0.2) is 48.5 Å². The second kappa shape index (κ2) is 6.84. The maximum absolute atomic E-state index is 12.1. The fraction of sp³-hybridized carbons (Fsp3) is 0.263. The van der Waals surface area contributed by atoms with Crippen LogP contribution in [0.1, 0.15) is 23.1 Å². The highest BCUT2D eigenvalue weighted by Crippen LogP contribution is 2.34.